The summed E-state index contributed by atoms with van der Waals surface area (Å²) in [6.45, 7) is 2.01. The highest BCUT2D eigenvalue weighted by Gasteiger charge is 2.54. The summed E-state index contributed by atoms with van der Waals surface area (Å²) in [5, 5.41) is 3.14. The van der Waals surface area contributed by atoms with E-state index in [1.165, 1.54) is 25.7 Å². The molecule has 3 N–H and O–H groups in total. The van der Waals surface area contributed by atoms with E-state index >= 15 is 0 Å². The minimum atomic E-state index is -0.00338. The number of carbonyl (C=O) groups is 1. The van der Waals surface area contributed by atoms with Crippen LogP contribution in [0.1, 0.15) is 44.2 Å². The third-order valence-electron chi connectivity index (χ3n) is 4.78. The Morgan fingerprint density at radius 2 is 1.89 bits per heavy atom. The first kappa shape index (κ1) is 12.5. The van der Waals surface area contributed by atoms with Crippen LogP contribution in [0.25, 0.3) is 0 Å². The van der Waals surface area contributed by atoms with Crippen molar-refractivity contribution in [2.75, 3.05) is 5.73 Å². The highest BCUT2D eigenvalue weighted by molar-refractivity contribution is 5.82. The van der Waals surface area contributed by atoms with Crippen LogP contribution < -0.4 is 11.1 Å². The number of hydrogen-bond donors (Lipinski definition) is 2. The van der Waals surface area contributed by atoms with Crippen molar-refractivity contribution in [1.29, 1.82) is 0 Å². The number of nitrogens with two attached hydrogens (primary N) is 1. The number of nitrogen functional groups attached to an aromatic ring is 1. The van der Waals surface area contributed by atoms with Crippen LogP contribution in [0.4, 0.5) is 5.69 Å². The largest absolute Gasteiger partial charge is 0.398 e. The third-order valence-corrected chi connectivity index (χ3v) is 4.78. The minimum Gasteiger partial charge on any atom is -0.398 e. The lowest BCUT2D eigenvalue weighted by Gasteiger charge is -2.16. The summed E-state index contributed by atoms with van der Waals surface area (Å²) in [4.78, 5) is 12.3. The highest BCUT2D eigenvalue weighted by atomic mass is 16.2. The Morgan fingerprint density at radius 1 is 1.26 bits per heavy atom. The van der Waals surface area contributed by atoms with E-state index in [9.17, 15) is 4.79 Å². The van der Waals surface area contributed by atoms with E-state index in [0.717, 1.165) is 11.3 Å². The predicted octanol–water partition coefficient (Wildman–Crippen LogP) is 2.88. The van der Waals surface area contributed by atoms with Gasteiger partial charge in [-0.15, -0.1) is 0 Å². The number of para-hydroxylation sites is 1. The van der Waals surface area contributed by atoms with Crippen molar-refractivity contribution in [2.24, 2.45) is 17.8 Å². The maximum absolute atomic E-state index is 12.3. The molecule has 3 atom stereocenters. The lowest BCUT2D eigenvalue weighted by Crippen LogP contribution is -2.29. The molecule has 102 valence electrons. The first-order chi connectivity index (χ1) is 9.18. The van der Waals surface area contributed by atoms with Gasteiger partial charge in [-0.1, -0.05) is 31.0 Å². The molecule has 2 aliphatic carbocycles. The highest BCUT2D eigenvalue weighted by Crippen LogP contribution is 2.55. The molecule has 0 saturated heterocycles. The van der Waals surface area contributed by atoms with Crippen molar-refractivity contribution in [3.8, 4) is 0 Å². The van der Waals surface area contributed by atoms with Crippen LogP contribution in [0.15, 0.2) is 24.3 Å². The maximum atomic E-state index is 12.3. The number of hydrogen-bond acceptors (Lipinski definition) is 2. The van der Waals surface area contributed by atoms with Crippen LogP contribution in [-0.2, 0) is 4.79 Å². The molecular formula is C16H22N2O. The quantitative estimate of drug-likeness (QED) is 0.819. The molecule has 3 rings (SSSR count). The summed E-state index contributed by atoms with van der Waals surface area (Å²) in [5.41, 5.74) is 7.72. The molecule has 2 saturated carbocycles. The van der Waals surface area contributed by atoms with Gasteiger partial charge in [-0.05, 0) is 43.2 Å². The van der Waals surface area contributed by atoms with Crippen molar-refractivity contribution in [3.05, 3.63) is 29.8 Å². The molecule has 0 aromatic heterocycles. The molecule has 3 nitrogen and oxygen atoms in total. The molecule has 0 spiro atoms. The predicted molar refractivity (Wildman–Crippen MR) is 76.4 cm³/mol. The van der Waals surface area contributed by atoms with Crippen LogP contribution in [0.5, 0.6) is 0 Å². The maximum Gasteiger partial charge on any atom is 0.224 e. The Kier molecular flexibility index (Phi) is 3.21. The fraction of sp³-hybridized carbons (Fsp3) is 0.562. The molecule has 1 aromatic rings. The van der Waals surface area contributed by atoms with Crippen molar-refractivity contribution < 1.29 is 4.79 Å². The number of rotatable bonds is 3. The second-order valence-corrected chi connectivity index (χ2v) is 6.00. The summed E-state index contributed by atoms with van der Waals surface area (Å²) in [6, 6.07) is 7.75. The molecule has 2 fully saturated rings. The van der Waals surface area contributed by atoms with Gasteiger partial charge in [-0.3, -0.25) is 4.79 Å². The van der Waals surface area contributed by atoms with E-state index in [2.05, 4.69) is 5.32 Å². The standard InChI is InChI=1S/C16H22N2O/c1-10(11-6-4-5-9-14(11)17)18-16(19)15-12-7-2-3-8-13(12)15/h4-6,9-10,12-13,15H,2-3,7-8,17H2,1H3,(H,18,19). The van der Waals surface area contributed by atoms with Crippen LogP contribution in [0.3, 0.4) is 0 Å². The molecule has 1 amide bonds. The molecule has 3 unspecified atom stereocenters. The number of benzene rings is 1. The summed E-state index contributed by atoms with van der Waals surface area (Å²) in [6.07, 6.45) is 5.08. The van der Waals surface area contributed by atoms with E-state index in [0.29, 0.717) is 11.8 Å². The van der Waals surface area contributed by atoms with Crippen molar-refractivity contribution in [3.63, 3.8) is 0 Å². The SMILES string of the molecule is CC(NC(=O)C1C2CCCCC21)c1ccccc1N. The van der Waals surface area contributed by atoms with Gasteiger partial charge in [-0.2, -0.15) is 0 Å². The molecular weight excluding hydrogens is 236 g/mol. The summed E-state index contributed by atoms with van der Waals surface area (Å²) < 4.78 is 0. The average molecular weight is 258 g/mol. The molecule has 2 aliphatic rings. The van der Waals surface area contributed by atoms with Gasteiger partial charge in [0, 0.05) is 11.6 Å². The normalized spacial score (nSPS) is 30.3. The number of amides is 1. The molecule has 19 heavy (non-hydrogen) atoms. The van der Waals surface area contributed by atoms with Crippen molar-refractivity contribution in [1.82, 2.24) is 5.32 Å². The third kappa shape index (κ3) is 2.34. The lowest BCUT2D eigenvalue weighted by molar-refractivity contribution is -0.123. The van der Waals surface area contributed by atoms with E-state index < -0.39 is 0 Å². The zero-order valence-corrected chi connectivity index (χ0v) is 11.4. The van der Waals surface area contributed by atoms with E-state index in [4.69, 9.17) is 5.73 Å². The molecule has 0 aliphatic heterocycles. The zero-order valence-electron chi connectivity index (χ0n) is 11.4. The van der Waals surface area contributed by atoms with Gasteiger partial charge in [-0.25, -0.2) is 0 Å². The smallest absolute Gasteiger partial charge is 0.224 e. The van der Waals surface area contributed by atoms with Crippen LogP contribution >= 0.6 is 0 Å². The summed E-state index contributed by atoms with van der Waals surface area (Å²) in [5.74, 6) is 1.82. The van der Waals surface area contributed by atoms with Crippen LogP contribution in [0.2, 0.25) is 0 Å². The zero-order chi connectivity index (χ0) is 13.4. The van der Waals surface area contributed by atoms with Crippen LogP contribution in [0, 0.1) is 17.8 Å². The minimum absolute atomic E-state index is 0.00338. The number of fused-ring (bicyclic) bond motifs is 1. The number of nitrogens with one attached hydrogen (secondary N) is 1. The molecule has 1 aromatic carbocycles. The van der Waals surface area contributed by atoms with Gasteiger partial charge in [0.2, 0.25) is 5.91 Å². The number of anilines is 1. The fourth-order valence-electron chi connectivity index (χ4n) is 3.67. The van der Waals surface area contributed by atoms with E-state index in [-0.39, 0.29) is 17.9 Å². The van der Waals surface area contributed by atoms with Crippen LogP contribution in [-0.4, -0.2) is 5.91 Å². The Hall–Kier alpha value is -1.51. The Bertz CT molecular complexity index is 473. The fourth-order valence-corrected chi connectivity index (χ4v) is 3.67. The van der Waals surface area contributed by atoms with Gasteiger partial charge in [0.1, 0.15) is 0 Å². The van der Waals surface area contributed by atoms with E-state index in [1.807, 2.05) is 31.2 Å². The lowest BCUT2D eigenvalue weighted by atomic mass is 10.0. The first-order valence-electron chi connectivity index (χ1n) is 7.33. The molecule has 0 bridgehead atoms. The van der Waals surface area contributed by atoms with Gasteiger partial charge in [0.25, 0.3) is 0 Å². The van der Waals surface area contributed by atoms with Crippen molar-refractivity contribution >= 4 is 11.6 Å². The summed E-state index contributed by atoms with van der Waals surface area (Å²) in [7, 11) is 0. The first-order valence-corrected chi connectivity index (χ1v) is 7.33. The van der Waals surface area contributed by atoms with Gasteiger partial charge >= 0.3 is 0 Å². The summed E-state index contributed by atoms with van der Waals surface area (Å²) >= 11 is 0. The molecule has 3 heteroatoms. The second kappa shape index (κ2) is 4.87. The van der Waals surface area contributed by atoms with Gasteiger partial charge < -0.3 is 11.1 Å². The molecule has 0 heterocycles. The van der Waals surface area contributed by atoms with Crippen molar-refractivity contribution in [2.45, 2.75) is 38.6 Å². The monoisotopic (exact) mass is 258 g/mol. The average Bonchev–Trinajstić information content (AvgIpc) is 3.13. The van der Waals surface area contributed by atoms with Gasteiger partial charge in [0.05, 0.1) is 6.04 Å². The Balaban J connectivity index is 1.62. The van der Waals surface area contributed by atoms with Gasteiger partial charge in [0.15, 0.2) is 0 Å². The van der Waals surface area contributed by atoms with E-state index in [1.54, 1.807) is 0 Å². The topological polar surface area (TPSA) is 55.1 Å². The second-order valence-electron chi connectivity index (χ2n) is 6.00. The Morgan fingerprint density at radius 3 is 2.53 bits per heavy atom. The Labute approximate surface area is 114 Å². The number of carbonyl (C=O) groups excluding carboxylic acids is 1. The molecule has 0 radical (unpaired) electrons.